The molecule has 6 heteroatoms. The van der Waals surface area contributed by atoms with E-state index >= 15 is 0 Å². The number of amides is 1. The second-order valence-electron chi connectivity index (χ2n) is 2.45. The quantitative estimate of drug-likeness (QED) is 0.797. The van der Waals surface area contributed by atoms with Crippen molar-refractivity contribution in [3.8, 4) is 0 Å². The Bertz CT molecular complexity index is 368. The summed E-state index contributed by atoms with van der Waals surface area (Å²) in [4.78, 5) is 10.8. The minimum atomic E-state index is -0.615. The first-order chi connectivity index (χ1) is 6.54. The van der Waals surface area contributed by atoms with Gasteiger partial charge in [-0.05, 0) is 12.1 Å². The van der Waals surface area contributed by atoms with Gasteiger partial charge in [0.15, 0.2) is 0 Å². The van der Waals surface area contributed by atoms with Crippen molar-refractivity contribution in [3.63, 3.8) is 0 Å². The topological polar surface area (TPSA) is 49.3 Å². The number of rotatable bonds is 2. The first kappa shape index (κ1) is 11.6. The smallest absolute Gasteiger partial charge is 0.250 e. The zero-order chi connectivity index (χ0) is 10.7. The molecule has 0 unspecified atom stereocenters. The van der Waals surface area contributed by atoms with E-state index in [2.05, 4.69) is 5.32 Å². The molecular formula is C8H6Cl3NO2. The number of carbonyl (C=O) groups excluding carboxylic acids is 1. The van der Waals surface area contributed by atoms with Crippen molar-refractivity contribution >= 4 is 46.4 Å². The van der Waals surface area contributed by atoms with Crippen LogP contribution in [0.5, 0.6) is 0 Å². The molecule has 0 aliphatic heterocycles. The van der Waals surface area contributed by atoms with Crippen LogP contribution in [0.4, 0.5) is 5.69 Å². The van der Waals surface area contributed by atoms with E-state index in [4.69, 9.17) is 39.9 Å². The predicted octanol–water partition coefficient (Wildman–Crippen LogP) is 2.58. The highest BCUT2D eigenvalue weighted by molar-refractivity contribution is 6.44. The largest absolute Gasteiger partial charge is 0.387 e. The number of halogens is 3. The van der Waals surface area contributed by atoms with Crippen molar-refractivity contribution in [3.05, 3.63) is 27.2 Å². The van der Waals surface area contributed by atoms with E-state index in [1.807, 2.05) is 0 Å². The van der Waals surface area contributed by atoms with Crippen molar-refractivity contribution in [1.82, 2.24) is 0 Å². The average molecular weight is 254 g/mol. The molecule has 0 atom stereocenters. The lowest BCUT2D eigenvalue weighted by Crippen LogP contribution is -2.15. The highest BCUT2D eigenvalue weighted by Gasteiger charge is 2.08. The van der Waals surface area contributed by atoms with Crippen LogP contribution in [-0.2, 0) is 4.79 Å². The van der Waals surface area contributed by atoms with Gasteiger partial charge in [0, 0.05) is 0 Å². The standard InChI is InChI=1S/C8H6Cl3NO2/c9-4-1-6(11)7(2-5(4)10)12-8(14)3-13/h1-2,13H,3H2,(H,12,14). The van der Waals surface area contributed by atoms with Crippen LogP contribution < -0.4 is 5.32 Å². The summed E-state index contributed by atoms with van der Waals surface area (Å²) in [5.74, 6) is -0.565. The summed E-state index contributed by atoms with van der Waals surface area (Å²) < 4.78 is 0. The molecule has 76 valence electrons. The maximum atomic E-state index is 10.8. The Morgan fingerprint density at radius 2 is 1.79 bits per heavy atom. The lowest BCUT2D eigenvalue weighted by molar-refractivity contribution is -0.118. The van der Waals surface area contributed by atoms with Crippen LogP contribution in [0.2, 0.25) is 15.1 Å². The molecule has 0 saturated carbocycles. The molecule has 0 aliphatic rings. The molecule has 1 aromatic carbocycles. The van der Waals surface area contributed by atoms with Crippen molar-refractivity contribution < 1.29 is 9.90 Å². The third kappa shape index (κ3) is 2.75. The molecule has 0 heterocycles. The summed E-state index contributed by atoms with van der Waals surface area (Å²) in [6.45, 7) is -0.615. The molecule has 0 radical (unpaired) electrons. The van der Waals surface area contributed by atoms with Gasteiger partial charge in [0.1, 0.15) is 6.61 Å². The molecule has 0 bridgehead atoms. The van der Waals surface area contributed by atoms with Gasteiger partial charge in [0.25, 0.3) is 0 Å². The molecule has 2 N–H and O–H groups in total. The van der Waals surface area contributed by atoms with Crippen LogP contribution in [0.15, 0.2) is 12.1 Å². The van der Waals surface area contributed by atoms with Crippen molar-refractivity contribution in [2.75, 3.05) is 11.9 Å². The molecule has 0 saturated heterocycles. The highest BCUT2D eigenvalue weighted by Crippen LogP contribution is 2.32. The maximum absolute atomic E-state index is 10.8. The Kier molecular flexibility index (Phi) is 4.01. The molecule has 1 rings (SSSR count). The van der Waals surface area contributed by atoms with Crippen LogP contribution in [-0.4, -0.2) is 17.6 Å². The number of hydrogen-bond donors (Lipinski definition) is 2. The number of anilines is 1. The van der Waals surface area contributed by atoms with Crippen LogP contribution in [0, 0.1) is 0 Å². The molecule has 3 nitrogen and oxygen atoms in total. The Balaban J connectivity index is 2.98. The van der Waals surface area contributed by atoms with E-state index in [0.29, 0.717) is 10.7 Å². The Morgan fingerprint density at radius 1 is 1.21 bits per heavy atom. The Hall–Kier alpha value is -0.480. The monoisotopic (exact) mass is 253 g/mol. The first-order valence-electron chi connectivity index (χ1n) is 3.60. The zero-order valence-corrected chi connectivity index (χ0v) is 9.12. The summed E-state index contributed by atoms with van der Waals surface area (Å²) in [5, 5.41) is 11.7. The summed E-state index contributed by atoms with van der Waals surface area (Å²) in [7, 11) is 0. The predicted molar refractivity (Wildman–Crippen MR) is 57.2 cm³/mol. The lowest BCUT2D eigenvalue weighted by Gasteiger charge is -2.06. The molecule has 0 aromatic heterocycles. The first-order valence-corrected chi connectivity index (χ1v) is 4.73. The molecule has 0 spiro atoms. The fourth-order valence-corrected chi connectivity index (χ4v) is 1.40. The molecule has 0 aliphatic carbocycles. The van der Waals surface area contributed by atoms with E-state index in [9.17, 15) is 4.79 Å². The fourth-order valence-electron chi connectivity index (χ4n) is 0.808. The SMILES string of the molecule is O=C(CO)Nc1cc(Cl)c(Cl)cc1Cl. The third-order valence-electron chi connectivity index (χ3n) is 1.43. The summed E-state index contributed by atoms with van der Waals surface area (Å²) in [6, 6.07) is 2.83. The molecule has 1 amide bonds. The molecular weight excluding hydrogens is 248 g/mol. The Labute approximate surface area is 95.6 Å². The van der Waals surface area contributed by atoms with Crippen LogP contribution in [0.1, 0.15) is 0 Å². The summed E-state index contributed by atoms with van der Waals surface area (Å²) in [6.07, 6.45) is 0. The number of aliphatic hydroxyl groups is 1. The maximum Gasteiger partial charge on any atom is 0.250 e. The number of aliphatic hydroxyl groups excluding tert-OH is 1. The van der Waals surface area contributed by atoms with Crippen molar-refractivity contribution in [2.45, 2.75) is 0 Å². The van der Waals surface area contributed by atoms with Gasteiger partial charge in [0.2, 0.25) is 5.91 Å². The minimum Gasteiger partial charge on any atom is -0.387 e. The third-order valence-corrected chi connectivity index (χ3v) is 2.46. The second kappa shape index (κ2) is 4.84. The average Bonchev–Trinajstić information content (AvgIpc) is 2.14. The highest BCUT2D eigenvalue weighted by atomic mass is 35.5. The normalized spacial score (nSPS) is 10.0. The van der Waals surface area contributed by atoms with Crippen molar-refractivity contribution in [2.24, 2.45) is 0 Å². The van der Waals surface area contributed by atoms with Crippen LogP contribution in [0.25, 0.3) is 0 Å². The molecule has 0 fully saturated rings. The van der Waals surface area contributed by atoms with E-state index in [1.54, 1.807) is 0 Å². The second-order valence-corrected chi connectivity index (χ2v) is 3.67. The van der Waals surface area contributed by atoms with Gasteiger partial charge >= 0.3 is 0 Å². The van der Waals surface area contributed by atoms with E-state index < -0.39 is 12.5 Å². The van der Waals surface area contributed by atoms with Gasteiger partial charge in [-0.1, -0.05) is 34.8 Å². The minimum absolute atomic E-state index is 0.265. The van der Waals surface area contributed by atoms with Gasteiger partial charge in [-0.15, -0.1) is 0 Å². The fraction of sp³-hybridized carbons (Fsp3) is 0.125. The van der Waals surface area contributed by atoms with E-state index in [-0.39, 0.29) is 10.0 Å². The van der Waals surface area contributed by atoms with Crippen LogP contribution >= 0.6 is 34.8 Å². The zero-order valence-electron chi connectivity index (χ0n) is 6.85. The van der Waals surface area contributed by atoms with Gasteiger partial charge in [-0.3, -0.25) is 4.79 Å². The van der Waals surface area contributed by atoms with E-state index in [1.165, 1.54) is 12.1 Å². The number of nitrogens with one attached hydrogen (secondary N) is 1. The number of hydrogen-bond acceptors (Lipinski definition) is 2. The summed E-state index contributed by atoms with van der Waals surface area (Å²) in [5.41, 5.74) is 0.320. The number of benzene rings is 1. The van der Waals surface area contributed by atoms with E-state index in [0.717, 1.165) is 0 Å². The van der Waals surface area contributed by atoms with Gasteiger partial charge in [0.05, 0.1) is 20.8 Å². The van der Waals surface area contributed by atoms with Gasteiger partial charge in [-0.2, -0.15) is 0 Å². The lowest BCUT2D eigenvalue weighted by atomic mass is 10.3. The Morgan fingerprint density at radius 3 is 2.36 bits per heavy atom. The number of carbonyl (C=O) groups is 1. The molecule has 14 heavy (non-hydrogen) atoms. The van der Waals surface area contributed by atoms with Gasteiger partial charge in [-0.25, -0.2) is 0 Å². The van der Waals surface area contributed by atoms with Crippen LogP contribution in [0.3, 0.4) is 0 Å². The summed E-state index contributed by atoms with van der Waals surface area (Å²) >= 11 is 17.1. The van der Waals surface area contributed by atoms with Crippen molar-refractivity contribution in [1.29, 1.82) is 0 Å². The molecule has 1 aromatic rings. The van der Waals surface area contributed by atoms with Gasteiger partial charge < -0.3 is 10.4 Å².